The van der Waals surface area contributed by atoms with E-state index in [9.17, 15) is 4.79 Å². The first kappa shape index (κ1) is 16.7. The number of nitrogens with zero attached hydrogens (tertiary/aromatic N) is 5. The Morgan fingerprint density at radius 1 is 1.20 bits per heavy atom. The molecule has 1 aromatic heterocycles. The van der Waals surface area contributed by atoms with Crippen molar-refractivity contribution in [3.8, 4) is 11.8 Å². The molecule has 2 heterocycles. The number of amides is 1. The molecule has 0 unspecified atom stereocenters. The second-order valence-corrected chi connectivity index (χ2v) is 5.77. The molecule has 1 aliphatic heterocycles. The minimum absolute atomic E-state index is 0.0387. The number of carbonyl (C=O) groups excluding carboxylic acids is 1. The predicted molar refractivity (Wildman–Crippen MR) is 92.1 cm³/mol. The van der Waals surface area contributed by atoms with Crippen LogP contribution in [0, 0.1) is 11.3 Å². The summed E-state index contributed by atoms with van der Waals surface area (Å²) in [5, 5.41) is 8.81. The second kappa shape index (κ2) is 7.62. The van der Waals surface area contributed by atoms with Gasteiger partial charge >= 0.3 is 0 Å². The number of rotatable bonds is 4. The Kier molecular flexibility index (Phi) is 5.09. The molecule has 1 atom stereocenters. The van der Waals surface area contributed by atoms with Crippen LogP contribution in [0.15, 0.2) is 42.9 Å². The standard InChI is InChI=1S/C18H19N5O2/c1-14(25-16-4-2-15(12-19)3-5-16)18(24)23-10-8-22(9-11-23)17-13-20-6-7-21-17/h2-7,13-14H,8-11H2,1H3/t14-/m0/s1. The molecule has 7 heteroatoms. The summed E-state index contributed by atoms with van der Waals surface area (Å²) in [6, 6.07) is 8.81. The predicted octanol–water partition coefficient (Wildman–Crippen LogP) is 1.46. The minimum Gasteiger partial charge on any atom is -0.481 e. The van der Waals surface area contributed by atoms with Gasteiger partial charge in [-0.3, -0.25) is 9.78 Å². The summed E-state index contributed by atoms with van der Waals surface area (Å²) >= 11 is 0. The van der Waals surface area contributed by atoms with Crippen LogP contribution in [0.4, 0.5) is 5.82 Å². The van der Waals surface area contributed by atoms with Gasteiger partial charge in [0.05, 0.1) is 17.8 Å². The van der Waals surface area contributed by atoms with Gasteiger partial charge in [0.25, 0.3) is 5.91 Å². The number of piperazine rings is 1. The van der Waals surface area contributed by atoms with E-state index in [-0.39, 0.29) is 5.91 Å². The van der Waals surface area contributed by atoms with Gasteiger partial charge in [-0.05, 0) is 31.2 Å². The Labute approximate surface area is 146 Å². The highest BCUT2D eigenvalue weighted by Gasteiger charge is 2.26. The van der Waals surface area contributed by atoms with Crippen LogP contribution < -0.4 is 9.64 Å². The number of carbonyl (C=O) groups is 1. The van der Waals surface area contributed by atoms with Crippen molar-refractivity contribution in [1.29, 1.82) is 5.26 Å². The molecule has 0 N–H and O–H groups in total. The Hall–Kier alpha value is -3.14. The van der Waals surface area contributed by atoms with E-state index < -0.39 is 6.10 Å². The van der Waals surface area contributed by atoms with Gasteiger partial charge in [-0.15, -0.1) is 0 Å². The highest BCUT2D eigenvalue weighted by molar-refractivity contribution is 5.81. The maximum Gasteiger partial charge on any atom is 0.263 e. The van der Waals surface area contributed by atoms with Crippen molar-refractivity contribution in [3.63, 3.8) is 0 Å². The van der Waals surface area contributed by atoms with Gasteiger partial charge in [-0.2, -0.15) is 5.26 Å². The van der Waals surface area contributed by atoms with E-state index in [1.807, 2.05) is 0 Å². The fourth-order valence-electron chi connectivity index (χ4n) is 2.73. The van der Waals surface area contributed by atoms with Crippen molar-refractivity contribution in [2.45, 2.75) is 13.0 Å². The number of nitriles is 1. The highest BCUT2D eigenvalue weighted by atomic mass is 16.5. The number of ether oxygens (including phenoxy) is 1. The summed E-state index contributed by atoms with van der Waals surface area (Å²) in [6.07, 6.45) is 4.47. The van der Waals surface area contributed by atoms with E-state index in [1.165, 1.54) is 0 Å². The molecule has 1 fully saturated rings. The van der Waals surface area contributed by atoms with Crippen molar-refractivity contribution < 1.29 is 9.53 Å². The fourth-order valence-corrected chi connectivity index (χ4v) is 2.73. The molecular formula is C18H19N5O2. The number of aromatic nitrogens is 2. The Morgan fingerprint density at radius 3 is 2.52 bits per heavy atom. The molecule has 2 aromatic rings. The lowest BCUT2D eigenvalue weighted by atomic mass is 10.2. The van der Waals surface area contributed by atoms with E-state index in [2.05, 4.69) is 20.9 Å². The molecule has 0 radical (unpaired) electrons. The van der Waals surface area contributed by atoms with E-state index in [4.69, 9.17) is 10.00 Å². The van der Waals surface area contributed by atoms with Crippen molar-refractivity contribution in [1.82, 2.24) is 14.9 Å². The van der Waals surface area contributed by atoms with E-state index >= 15 is 0 Å². The van der Waals surface area contributed by atoms with Crippen LogP contribution in [0.3, 0.4) is 0 Å². The smallest absolute Gasteiger partial charge is 0.263 e. The third-order valence-electron chi connectivity index (χ3n) is 4.11. The first-order valence-corrected chi connectivity index (χ1v) is 8.14. The first-order chi connectivity index (χ1) is 12.2. The zero-order chi connectivity index (χ0) is 17.6. The van der Waals surface area contributed by atoms with Crippen molar-refractivity contribution in [2.75, 3.05) is 31.1 Å². The lowest BCUT2D eigenvalue weighted by Gasteiger charge is -2.36. The summed E-state index contributed by atoms with van der Waals surface area (Å²) < 4.78 is 5.70. The topological polar surface area (TPSA) is 82.4 Å². The summed E-state index contributed by atoms with van der Waals surface area (Å²) in [4.78, 5) is 24.9. The molecule has 1 amide bonds. The third kappa shape index (κ3) is 4.04. The molecule has 128 valence electrons. The average Bonchev–Trinajstić information content (AvgIpc) is 2.69. The SMILES string of the molecule is C[C@H](Oc1ccc(C#N)cc1)C(=O)N1CCN(c2cnccn2)CC1. The molecule has 0 spiro atoms. The van der Waals surface area contributed by atoms with Gasteiger partial charge < -0.3 is 14.5 Å². The molecular weight excluding hydrogens is 318 g/mol. The Morgan fingerprint density at radius 2 is 1.92 bits per heavy atom. The lowest BCUT2D eigenvalue weighted by molar-refractivity contribution is -0.138. The fraction of sp³-hybridized carbons (Fsp3) is 0.333. The summed E-state index contributed by atoms with van der Waals surface area (Å²) in [6.45, 7) is 4.42. The largest absolute Gasteiger partial charge is 0.481 e. The van der Waals surface area contributed by atoms with Crippen molar-refractivity contribution in [2.24, 2.45) is 0 Å². The summed E-state index contributed by atoms with van der Waals surface area (Å²) in [7, 11) is 0. The maximum absolute atomic E-state index is 12.6. The van der Waals surface area contributed by atoms with Crippen molar-refractivity contribution in [3.05, 3.63) is 48.4 Å². The Balaban J connectivity index is 1.54. The zero-order valence-electron chi connectivity index (χ0n) is 14.0. The molecule has 7 nitrogen and oxygen atoms in total. The van der Waals surface area contributed by atoms with Crippen molar-refractivity contribution >= 4 is 11.7 Å². The molecule has 25 heavy (non-hydrogen) atoms. The zero-order valence-corrected chi connectivity index (χ0v) is 14.0. The van der Waals surface area contributed by atoms with Gasteiger partial charge in [0, 0.05) is 38.6 Å². The van der Waals surface area contributed by atoms with E-state index in [1.54, 1.807) is 54.7 Å². The molecule has 1 aliphatic rings. The van der Waals surface area contributed by atoms with E-state index in [0.29, 0.717) is 37.5 Å². The quantitative estimate of drug-likeness (QED) is 0.840. The van der Waals surface area contributed by atoms with Gasteiger partial charge in [0.1, 0.15) is 11.6 Å². The van der Waals surface area contributed by atoms with Crippen LogP contribution in [-0.2, 0) is 4.79 Å². The molecule has 3 rings (SSSR count). The third-order valence-corrected chi connectivity index (χ3v) is 4.11. The van der Waals surface area contributed by atoms with E-state index in [0.717, 1.165) is 5.82 Å². The summed E-state index contributed by atoms with van der Waals surface area (Å²) in [5.41, 5.74) is 0.562. The number of benzene rings is 1. The number of hydrogen-bond acceptors (Lipinski definition) is 6. The molecule has 0 bridgehead atoms. The van der Waals surface area contributed by atoms with Crippen LogP contribution in [0.25, 0.3) is 0 Å². The number of hydrogen-bond donors (Lipinski definition) is 0. The first-order valence-electron chi connectivity index (χ1n) is 8.14. The van der Waals surface area contributed by atoms with Crippen LogP contribution >= 0.6 is 0 Å². The van der Waals surface area contributed by atoms with Gasteiger partial charge in [-0.1, -0.05) is 0 Å². The van der Waals surface area contributed by atoms with Crippen LogP contribution in [0.2, 0.25) is 0 Å². The molecule has 1 saturated heterocycles. The van der Waals surface area contributed by atoms with Crippen LogP contribution in [0.5, 0.6) is 5.75 Å². The molecule has 1 aromatic carbocycles. The van der Waals surface area contributed by atoms with Gasteiger partial charge in [-0.25, -0.2) is 4.98 Å². The second-order valence-electron chi connectivity index (χ2n) is 5.77. The maximum atomic E-state index is 12.6. The monoisotopic (exact) mass is 337 g/mol. The van der Waals surface area contributed by atoms with Gasteiger partial charge in [0.15, 0.2) is 6.10 Å². The molecule has 0 aliphatic carbocycles. The van der Waals surface area contributed by atoms with Crippen LogP contribution in [0.1, 0.15) is 12.5 Å². The van der Waals surface area contributed by atoms with Crippen LogP contribution in [-0.4, -0.2) is 53.1 Å². The average molecular weight is 337 g/mol. The number of anilines is 1. The Bertz CT molecular complexity index is 749. The highest BCUT2D eigenvalue weighted by Crippen LogP contribution is 2.16. The van der Waals surface area contributed by atoms with Gasteiger partial charge in [0.2, 0.25) is 0 Å². The normalized spacial score (nSPS) is 15.4. The lowest BCUT2D eigenvalue weighted by Crippen LogP contribution is -2.52. The summed E-state index contributed by atoms with van der Waals surface area (Å²) in [5.74, 6) is 1.37. The minimum atomic E-state index is -0.573. The molecule has 0 saturated carbocycles.